The third kappa shape index (κ3) is 2.11. The number of allylic oxidation sites excluding steroid dienone is 1. The number of hydrogen-bond acceptors (Lipinski definition) is 2. The van der Waals surface area contributed by atoms with E-state index in [0.29, 0.717) is 0 Å². The summed E-state index contributed by atoms with van der Waals surface area (Å²) in [7, 11) is 0. The lowest BCUT2D eigenvalue weighted by atomic mass is 10.2. The first-order chi connectivity index (χ1) is 5.34. The van der Waals surface area contributed by atoms with Gasteiger partial charge in [0.15, 0.2) is 0 Å². The summed E-state index contributed by atoms with van der Waals surface area (Å²) < 4.78 is 4.58. The molecule has 60 valence electrons. The van der Waals surface area contributed by atoms with Crippen molar-refractivity contribution in [2.45, 2.75) is 12.8 Å². The molecule has 3 heteroatoms. The van der Waals surface area contributed by atoms with Gasteiger partial charge in [0.25, 0.3) is 0 Å². The van der Waals surface area contributed by atoms with Crippen LogP contribution in [0, 0.1) is 0 Å². The van der Waals surface area contributed by atoms with Gasteiger partial charge in [-0.3, -0.25) is 4.90 Å². The molecule has 0 aromatic rings. The van der Waals surface area contributed by atoms with Crippen molar-refractivity contribution in [2.75, 3.05) is 6.54 Å². The molecule has 0 bridgehead atoms. The number of ether oxygens (including phenoxy) is 1. The minimum absolute atomic E-state index is 0.351. The summed E-state index contributed by atoms with van der Waals surface area (Å²) in [6, 6.07) is 0. The van der Waals surface area contributed by atoms with Gasteiger partial charge in [-0.15, -0.1) is 0 Å². The van der Waals surface area contributed by atoms with Crippen LogP contribution in [0.3, 0.4) is 0 Å². The lowest BCUT2D eigenvalue weighted by Gasteiger charge is -2.19. The third-order valence-electron chi connectivity index (χ3n) is 1.47. The van der Waals surface area contributed by atoms with Crippen LogP contribution < -0.4 is 0 Å². The molecule has 1 aliphatic rings. The first kappa shape index (κ1) is 7.85. The molecule has 0 aromatic heterocycles. The molecule has 11 heavy (non-hydrogen) atoms. The Bertz CT molecular complexity index is 187. The Balaban J connectivity index is 2.45. The number of carbonyl (C=O) groups excluding carboxylic acids is 1. The molecule has 0 atom stereocenters. The highest BCUT2D eigenvalue weighted by Crippen LogP contribution is 2.06. The highest BCUT2D eigenvalue weighted by atomic mass is 16.5. The summed E-state index contributed by atoms with van der Waals surface area (Å²) >= 11 is 0. The van der Waals surface area contributed by atoms with E-state index in [1.165, 1.54) is 4.90 Å². The number of rotatable bonds is 1. The first-order valence-corrected chi connectivity index (χ1v) is 3.59. The van der Waals surface area contributed by atoms with Gasteiger partial charge in [0.2, 0.25) is 0 Å². The number of nitrogens with zero attached hydrogens (tertiary/aromatic N) is 1. The van der Waals surface area contributed by atoms with Gasteiger partial charge in [-0.2, -0.15) is 0 Å². The van der Waals surface area contributed by atoms with Crippen molar-refractivity contribution in [3.8, 4) is 0 Å². The summed E-state index contributed by atoms with van der Waals surface area (Å²) in [5, 5.41) is 0. The largest absolute Gasteiger partial charge is 0.419 e. The average Bonchev–Trinajstić information content (AvgIpc) is 2.07. The minimum Gasteiger partial charge on any atom is -0.419 e. The molecular formula is C8H11NO2. The molecule has 0 radical (unpaired) electrons. The zero-order valence-electron chi connectivity index (χ0n) is 6.32. The van der Waals surface area contributed by atoms with Crippen molar-refractivity contribution in [1.29, 1.82) is 0 Å². The van der Waals surface area contributed by atoms with E-state index >= 15 is 0 Å². The number of amides is 1. The van der Waals surface area contributed by atoms with Gasteiger partial charge < -0.3 is 4.74 Å². The SMILES string of the molecule is C=COC(=O)N1C=CCCC1. The summed E-state index contributed by atoms with van der Waals surface area (Å²) in [6.07, 6.45) is 6.53. The van der Waals surface area contributed by atoms with E-state index in [9.17, 15) is 4.79 Å². The summed E-state index contributed by atoms with van der Waals surface area (Å²) in [5.41, 5.74) is 0. The van der Waals surface area contributed by atoms with Crippen LogP contribution in [0.25, 0.3) is 0 Å². The monoisotopic (exact) mass is 153 g/mol. The molecular weight excluding hydrogens is 142 g/mol. The van der Waals surface area contributed by atoms with Crippen LogP contribution in [-0.4, -0.2) is 17.5 Å². The van der Waals surface area contributed by atoms with Crippen LogP contribution in [0.4, 0.5) is 4.79 Å². The highest BCUT2D eigenvalue weighted by Gasteiger charge is 2.12. The second kappa shape index (κ2) is 3.81. The second-order valence-corrected chi connectivity index (χ2v) is 2.27. The summed E-state index contributed by atoms with van der Waals surface area (Å²) in [6.45, 7) is 4.04. The lowest BCUT2D eigenvalue weighted by molar-refractivity contribution is 0.152. The van der Waals surface area contributed by atoms with Gasteiger partial charge in [-0.25, -0.2) is 4.79 Å². The maximum atomic E-state index is 11.0. The molecule has 1 rings (SSSR count). The standard InChI is InChI=1S/C8H11NO2/c1-2-11-8(10)9-6-4-3-5-7-9/h2,4,6H,1,3,5,7H2. The molecule has 3 nitrogen and oxygen atoms in total. The third-order valence-corrected chi connectivity index (χ3v) is 1.47. The van der Waals surface area contributed by atoms with E-state index in [0.717, 1.165) is 25.6 Å². The van der Waals surface area contributed by atoms with Gasteiger partial charge in [0.05, 0.1) is 6.26 Å². The van der Waals surface area contributed by atoms with Gasteiger partial charge in [0.1, 0.15) is 0 Å². The molecule has 0 saturated heterocycles. The minimum atomic E-state index is -0.351. The van der Waals surface area contributed by atoms with Gasteiger partial charge in [-0.05, 0) is 12.8 Å². The van der Waals surface area contributed by atoms with Gasteiger partial charge in [-0.1, -0.05) is 12.7 Å². The van der Waals surface area contributed by atoms with Gasteiger partial charge >= 0.3 is 6.09 Å². The molecule has 0 aromatic carbocycles. The smallest absolute Gasteiger partial charge is 0.418 e. The van der Waals surface area contributed by atoms with Crippen molar-refractivity contribution in [3.05, 3.63) is 25.1 Å². The van der Waals surface area contributed by atoms with Crippen LogP contribution in [0.15, 0.2) is 25.1 Å². The van der Waals surface area contributed by atoms with Gasteiger partial charge in [0, 0.05) is 12.7 Å². The fourth-order valence-electron chi connectivity index (χ4n) is 0.947. The van der Waals surface area contributed by atoms with Crippen LogP contribution >= 0.6 is 0 Å². The Labute approximate surface area is 65.9 Å². The van der Waals surface area contributed by atoms with Crippen LogP contribution in [0.1, 0.15) is 12.8 Å². The van der Waals surface area contributed by atoms with E-state index in [4.69, 9.17) is 0 Å². The van der Waals surface area contributed by atoms with E-state index in [1.807, 2.05) is 6.08 Å². The molecule has 0 aliphatic carbocycles. The zero-order valence-corrected chi connectivity index (χ0v) is 6.32. The normalized spacial score (nSPS) is 16.2. The molecule has 1 heterocycles. The fraction of sp³-hybridized carbons (Fsp3) is 0.375. The van der Waals surface area contributed by atoms with E-state index < -0.39 is 0 Å². The predicted octanol–water partition coefficient (Wildman–Crippen LogP) is 1.88. The van der Waals surface area contributed by atoms with Crippen molar-refractivity contribution in [2.24, 2.45) is 0 Å². The summed E-state index contributed by atoms with van der Waals surface area (Å²) in [4.78, 5) is 12.5. The van der Waals surface area contributed by atoms with Crippen molar-refractivity contribution in [3.63, 3.8) is 0 Å². The van der Waals surface area contributed by atoms with E-state index in [-0.39, 0.29) is 6.09 Å². The Kier molecular flexibility index (Phi) is 2.72. The molecule has 0 fully saturated rings. The summed E-state index contributed by atoms with van der Waals surface area (Å²) in [5.74, 6) is 0. The maximum Gasteiger partial charge on any atom is 0.418 e. The van der Waals surface area contributed by atoms with Crippen molar-refractivity contribution < 1.29 is 9.53 Å². The molecule has 0 unspecified atom stereocenters. The van der Waals surface area contributed by atoms with Crippen LogP contribution in [0.2, 0.25) is 0 Å². The molecule has 1 amide bonds. The lowest BCUT2D eigenvalue weighted by Crippen LogP contribution is -2.27. The highest BCUT2D eigenvalue weighted by molar-refractivity contribution is 5.69. The Morgan fingerprint density at radius 3 is 3.09 bits per heavy atom. The second-order valence-electron chi connectivity index (χ2n) is 2.27. The Hall–Kier alpha value is -1.25. The quantitative estimate of drug-likeness (QED) is 0.538. The first-order valence-electron chi connectivity index (χ1n) is 3.59. The average molecular weight is 153 g/mol. The Morgan fingerprint density at radius 1 is 1.73 bits per heavy atom. The van der Waals surface area contributed by atoms with Crippen LogP contribution in [0.5, 0.6) is 0 Å². The number of carbonyl (C=O) groups is 1. The Morgan fingerprint density at radius 2 is 2.55 bits per heavy atom. The van der Waals surface area contributed by atoms with Crippen LogP contribution in [-0.2, 0) is 4.74 Å². The maximum absolute atomic E-state index is 11.0. The van der Waals surface area contributed by atoms with E-state index in [1.54, 1.807) is 6.20 Å². The van der Waals surface area contributed by atoms with Crippen molar-refractivity contribution in [1.82, 2.24) is 4.90 Å². The number of hydrogen-bond donors (Lipinski definition) is 0. The molecule has 0 spiro atoms. The fourth-order valence-corrected chi connectivity index (χ4v) is 0.947. The zero-order chi connectivity index (χ0) is 8.10. The van der Waals surface area contributed by atoms with Crippen molar-refractivity contribution >= 4 is 6.09 Å². The molecule has 0 N–H and O–H groups in total. The topological polar surface area (TPSA) is 29.5 Å². The molecule has 0 saturated carbocycles. The predicted molar refractivity (Wildman–Crippen MR) is 41.8 cm³/mol. The molecule has 1 aliphatic heterocycles. The van der Waals surface area contributed by atoms with E-state index in [2.05, 4.69) is 11.3 Å².